The van der Waals surface area contributed by atoms with E-state index in [9.17, 15) is 9.59 Å². The zero-order valence-corrected chi connectivity index (χ0v) is 12.7. The Morgan fingerprint density at radius 1 is 1.35 bits per heavy atom. The lowest BCUT2D eigenvalue weighted by molar-refractivity contribution is -0.138. The molecular formula is C16H19N3O4. The molecule has 2 atom stereocenters. The van der Waals surface area contributed by atoms with Crippen molar-refractivity contribution in [1.82, 2.24) is 0 Å². The second-order valence-electron chi connectivity index (χ2n) is 5.58. The van der Waals surface area contributed by atoms with Gasteiger partial charge in [-0.2, -0.15) is 5.10 Å². The van der Waals surface area contributed by atoms with Crippen molar-refractivity contribution in [2.45, 2.75) is 31.4 Å². The number of carbonyl (C=O) groups is 2. The normalized spacial score (nSPS) is 23.7. The minimum atomic E-state index is -0.678. The van der Waals surface area contributed by atoms with Gasteiger partial charge in [0.05, 0.1) is 11.8 Å². The Labute approximate surface area is 134 Å². The van der Waals surface area contributed by atoms with Crippen LogP contribution in [0.15, 0.2) is 35.4 Å². The molecule has 7 nitrogen and oxygen atoms in total. The number of para-hydroxylation sites is 1. The van der Waals surface area contributed by atoms with Crippen LogP contribution in [0.1, 0.15) is 19.3 Å². The summed E-state index contributed by atoms with van der Waals surface area (Å²) in [6, 6.07) is 8.45. The molecule has 1 aromatic carbocycles. The fourth-order valence-electron chi connectivity index (χ4n) is 2.70. The molecule has 0 radical (unpaired) electrons. The third-order valence-electron chi connectivity index (χ3n) is 3.92. The molecule has 2 N–H and O–H groups in total. The highest BCUT2D eigenvalue weighted by Crippen LogP contribution is 2.24. The third-order valence-corrected chi connectivity index (χ3v) is 3.92. The number of nitrogens with zero attached hydrogens (tertiary/aromatic N) is 2. The van der Waals surface area contributed by atoms with Crippen LogP contribution < -0.4 is 10.7 Å². The van der Waals surface area contributed by atoms with E-state index < -0.39 is 17.9 Å². The summed E-state index contributed by atoms with van der Waals surface area (Å²) in [5.74, 6) is -1.05. The van der Waals surface area contributed by atoms with Crippen LogP contribution in [0.4, 0.5) is 5.69 Å². The largest absolute Gasteiger partial charge is 0.458 e. The Hall–Kier alpha value is -2.41. The number of carbonyl (C=O) groups excluding carboxylic acids is 2. The van der Waals surface area contributed by atoms with E-state index in [4.69, 9.17) is 15.2 Å². The van der Waals surface area contributed by atoms with Crippen molar-refractivity contribution >= 4 is 23.3 Å². The maximum Gasteiger partial charge on any atom is 0.354 e. The number of rotatable bonds is 5. The molecule has 3 rings (SSSR count). The van der Waals surface area contributed by atoms with Crippen molar-refractivity contribution in [3.63, 3.8) is 0 Å². The molecule has 2 aliphatic heterocycles. The SMILES string of the molecule is NC(=O)[C@H]1CC(C(=O)OC[C@H]2CCCO2)=NN1c1ccccc1. The molecule has 2 aliphatic rings. The van der Waals surface area contributed by atoms with Crippen LogP contribution in [0.25, 0.3) is 0 Å². The molecule has 0 saturated carbocycles. The van der Waals surface area contributed by atoms with Crippen molar-refractivity contribution in [3.8, 4) is 0 Å². The van der Waals surface area contributed by atoms with Crippen LogP contribution in [0.2, 0.25) is 0 Å². The molecule has 1 fully saturated rings. The van der Waals surface area contributed by atoms with Gasteiger partial charge in [-0.3, -0.25) is 9.80 Å². The topological polar surface area (TPSA) is 94.2 Å². The number of primary amides is 1. The number of hydrazone groups is 1. The number of esters is 1. The smallest absolute Gasteiger partial charge is 0.354 e. The lowest BCUT2D eigenvalue weighted by Crippen LogP contribution is -2.39. The standard InChI is InChI=1S/C16H19N3O4/c17-15(20)14-9-13(16(21)23-10-12-7-4-8-22-12)18-19(14)11-5-2-1-3-6-11/h1-3,5-6,12,14H,4,7-10H2,(H2,17,20)/t12-,14-/m1/s1. The van der Waals surface area contributed by atoms with E-state index in [-0.39, 0.29) is 24.8 Å². The highest BCUT2D eigenvalue weighted by Gasteiger charge is 2.35. The molecule has 0 spiro atoms. The molecule has 0 unspecified atom stereocenters. The first kappa shape index (κ1) is 15.5. The van der Waals surface area contributed by atoms with Gasteiger partial charge in [-0.1, -0.05) is 18.2 Å². The molecule has 0 bridgehead atoms. The Bertz CT molecular complexity index is 611. The van der Waals surface area contributed by atoms with Crippen LogP contribution in [-0.4, -0.2) is 42.9 Å². The average Bonchev–Trinajstić information content (AvgIpc) is 3.23. The van der Waals surface area contributed by atoms with Crippen molar-refractivity contribution in [2.24, 2.45) is 10.8 Å². The molecule has 122 valence electrons. The van der Waals surface area contributed by atoms with Gasteiger partial charge >= 0.3 is 5.97 Å². The molecule has 23 heavy (non-hydrogen) atoms. The zero-order valence-electron chi connectivity index (χ0n) is 12.7. The Balaban J connectivity index is 1.69. The Morgan fingerprint density at radius 3 is 2.78 bits per heavy atom. The van der Waals surface area contributed by atoms with Gasteiger partial charge in [0.25, 0.3) is 0 Å². The summed E-state index contributed by atoms with van der Waals surface area (Å²) in [6.45, 7) is 0.916. The van der Waals surface area contributed by atoms with Crippen LogP contribution >= 0.6 is 0 Å². The minimum Gasteiger partial charge on any atom is -0.458 e. The number of amides is 1. The van der Waals surface area contributed by atoms with E-state index in [0.717, 1.165) is 12.8 Å². The first-order chi connectivity index (χ1) is 11.1. The van der Waals surface area contributed by atoms with Crippen LogP contribution in [0.3, 0.4) is 0 Å². The highest BCUT2D eigenvalue weighted by atomic mass is 16.6. The lowest BCUT2D eigenvalue weighted by Gasteiger charge is -2.20. The summed E-state index contributed by atoms with van der Waals surface area (Å²) < 4.78 is 10.7. The highest BCUT2D eigenvalue weighted by molar-refractivity contribution is 6.38. The predicted octanol–water partition coefficient (Wildman–Crippen LogP) is 0.829. The molecule has 2 heterocycles. The number of hydrogen-bond donors (Lipinski definition) is 1. The summed E-state index contributed by atoms with van der Waals surface area (Å²) >= 11 is 0. The van der Waals surface area contributed by atoms with Crippen LogP contribution in [-0.2, 0) is 19.1 Å². The zero-order chi connectivity index (χ0) is 16.2. The van der Waals surface area contributed by atoms with Crippen molar-refractivity contribution in [1.29, 1.82) is 0 Å². The third kappa shape index (κ3) is 3.50. The first-order valence-corrected chi connectivity index (χ1v) is 7.65. The number of ether oxygens (including phenoxy) is 2. The Kier molecular flexibility index (Phi) is 4.57. The molecular weight excluding hydrogens is 298 g/mol. The maximum absolute atomic E-state index is 12.2. The molecule has 1 saturated heterocycles. The van der Waals surface area contributed by atoms with Gasteiger partial charge < -0.3 is 15.2 Å². The number of nitrogens with two attached hydrogens (primary N) is 1. The van der Waals surface area contributed by atoms with E-state index >= 15 is 0 Å². The van der Waals surface area contributed by atoms with Gasteiger partial charge in [-0.25, -0.2) is 4.79 Å². The molecule has 1 aromatic rings. The van der Waals surface area contributed by atoms with E-state index in [1.54, 1.807) is 12.1 Å². The fraction of sp³-hybridized carbons (Fsp3) is 0.438. The molecule has 0 aliphatic carbocycles. The molecule has 1 amide bonds. The Morgan fingerprint density at radius 2 is 2.13 bits per heavy atom. The van der Waals surface area contributed by atoms with Crippen LogP contribution in [0, 0.1) is 0 Å². The second-order valence-corrected chi connectivity index (χ2v) is 5.58. The van der Waals surface area contributed by atoms with E-state index in [0.29, 0.717) is 12.3 Å². The van der Waals surface area contributed by atoms with Gasteiger partial charge in [0, 0.05) is 13.0 Å². The van der Waals surface area contributed by atoms with Crippen molar-refractivity contribution < 1.29 is 19.1 Å². The average molecular weight is 317 g/mol. The fourth-order valence-corrected chi connectivity index (χ4v) is 2.70. The van der Waals surface area contributed by atoms with Gasteiger partial charge in [0.2, 0.25) is 5.91 Å². The predicted molar refractivity (Wildman–Crippen MR) is 83.9 cm³/mol. The van der Waals surface area contributed by atoms with Crippen molar-refractivity contribution in [2.75, 3.05) is 18.2 Å². The monoisotopic (exact) mass is 317 g/mol. The van der Waals surface area contributed by atoms with E-state index in [2.05, 4.69) is 5.10 Å². The lowest BCUT2D eigenvalue weighted by atomic mass is 10.1. The maximum atomic E-state index is 12.2. The molecule has 0 aromatic heterocycles. The minimum absolute atomic E-state index is 0.0434. The van der Waals surface area contributed by atoms with Gasteiger partial charge in [0.1, 0.15) is 18.4 Å². The number of anilines is 1. The van der Waals surface area contributed by atoms with Gasteiger partial charge in [-0.15, -0.1) is 0 Å². The first-order valence-electron chi connectivity index (χ1n) is 7.65. The number of hydrogen-bond acceptors (Lipinski definition) is 6. The van der Waals surface area contributed by atoms with Gasteiger partial charge in [-0.05, 0) is 25.0 Å². The summed E-state index contributed by atoms with van der Waals surface area (Å²) in [5.41, 5.74) is 6.35. The van der Waals surface area contributed by atoms with E-state index in [1.165, 1.54) is 5.01 Å². The molecule has 7 heteroatoms. The summed E-state index contributed by atoms with van der Waals surface area (Å²) in [6.07, 6.45) is 1.97. The summed E-state index contributed by atoms with van der Waals surface area (Å²) in [4.78, 5) is 23.8. The van der Waals surface area contributed by atoms with Gasteiger partial charge in [0.15, 0.2) is 0 Å². The van der Waals surface area contributed by atoms with Crippen molar-refractivity contribution in [3.05, 3.63) is 30.3 Å². The van der Waals surface area contributed by atoms with Crippen LogP contribution in [0.5, 0.6) is 0 Å². The van der Waals surface area contributed by atoms with E-state index in [1.807, 2.05) is 18.2 Å². The summed E-state index contributed by atoms with van der Waals surface area (Å²) in [7, 11) is 0. The second kappa shape index (κ2) is 6.78. The summed E-state index contributed by atoms with van der Waals surface area (Å²) in [5, 5.41) is 5.72. The number of benzene rings is 1. The quantitative estimate of drug-likeness (QED) is 0.812.